The fourth-order valence-corrected chi connectivity index (χ4v) is 3.90. The van der Waals surface area contributed by atoms with Crippen LogP contribution in [-0.4, -0.2) is 19.8 Å². The van der Waals surface area contributed by atoms with Crippen LogP contribution in [0.2, 0.25) is 5.02 Å². The molecule has 3 nitrogen and oxygen atoms in total. The highest BCUT2D eigenvalue weighted by Gasteiger charge is 2.08. The molecule has 0 fully saturated rings. The van der Waals surface area contributed by atoms with Crippen molar-refractivity contribution in [1.29, 1.82) is 0 Å². The molecule has 0 aliphatic rings. The Morgan fingerprint density at radius 3 is 2.83 bits per heavy atom. The van der Waals surface area contributed by atoms with Gasteiger partial charge in [-0.1, -0.05) is 36.7 Å². The van der Waals surface area contributed by atoms with Crippen molar-refractivity contribution in [2.75, 3.05) is 0 Å². The van der Waals surface area contributed by atoms with Crippen LogP contribution >= 0.6 is 35.2 Å². The zero-order valence-corrected chi connectivity index (χ0v) is 16.0. The number of aromatic nitrogens is 3. The lowest BCUT2D eigenvalue weighted by Gasteiger charge is -2.01. The minimum atomic E-state index is 0.707. The van der Waals surface area contributed by atoms with E-state index in [0.717, 1.165) is 46.7 Å². The Balaban J connectivity index is 1.40. The first-order valence-electron chi connectivity index (χ1n) is 8.21. The summed E-state index contributed by atoms with van der Waals surface area (Å²) in [6, 6.07) is 5.65. The van der Waals surface area contributed by atoms with Gasteiger partial charge in [0.05, 0.1) is 20.9 Å². The van der Waals surface area contributed by atoms with Gasteiger partial charge in [0.25, 0.3) is 0 Å². The number of thiocarbonyl (C=S) groups is 1. The summed E-state index contributed by atoms with van der Waals surface area (Å²) in [6.45, 7) is 2.05. The Hall–Kier alpha value is -1.30. The smallest absolute Gasteiger partial charge is 0.145 e. The molecule has 0 aliphatic heterocycles. The Morgan fingerprint density at radius 2 is 2.04 bits per heavy atom. The maximum Gasteiger partial charge on any atom is 0.145 e. The van der Waals surface area contributed by atoms with Gasteiger partial charge in [-0.25, -0.2) is 9.97 Å². The summed E-state index contributed by atoms with van der Waals surface area (Å²) in [5.41, 5.74) is 2.99. The number of aromatic amines is 1. The van der Waals surface area contributed by atoms with Crippen LogP contribution < -0.4 is 0 Å². The lowest BCUT2D eigenvalue weighted by Crippen LogP contribution is -1.99. The second-order valence-electron chi connectivity index (χ2n) is 5.97. The highest BCUT2D eigenvalue weighted by atomic mass is 35.5. The first kappa shape index (κ1) is 17.5. The third-order valence-corrected chi connectivity index (χ3v) is 5.58. The number of nitrogens with one attached hydrogen (secondary N) is 1. The monoisotopic (exact) mass is 377 g/mol. The molecule has 0 unspecified atom stereocenters. The Kier molecular flexibility index (Phi) is 5.98. The number of rotatable bonds is 8. The van der Waals surface area contributed by atoms with Crippen LogP contribution in [0.15, 0.2) is 23.6 Å². The molecule has 0 radical (unpaired) electrons. The SMILES string of the molecule is Cc1csc(CCCCCCC(=S)c2nc3ccc(Cl)cc3[nH]2)n1. The van der Waals surface area contributed by atoms with E-state index in [4.69, 9.17) is 23.8 Å². The fourth-order valence-electron chi connectivity index (χ4n) is 2.67. The van der Waals surface area contributed by atoms with Gasteiger partial charge in [-0.15, -0.1) is 11.3 Å². The molecule has 0 saturated heterocycles. The molecule has 24 heavy (non-hydrogen) atoms. The third-order valence-electron chi connectivity index (χ3n) is 3.92. The van der Waals surface area contributed by atoms with Crippen molar-refractivity contribution in [2.24, 2.45) is 0 Å². The van der Waals surface area contributed by atoms with Gasteiger partial charge in [0, 0.05) is 16.1 Å². The number of imidazole rings is 1. The molecule has 0 amide bonds. The summed E-state index contributed by atoms with van der Waals surface area (Å²) in [5, 5.41) is 4.08. The maximum absolute atomic E-state index is 6.00. The second-order valence-corrected chi connectivity index (χ2v) is 7.84. The summed E-state index contributed by atoms with van der Waals surface area (Å²) in [7, 11) is 0. The number of fused-ring (bicyclic) bond motifs is 1. The zero-order chi connectivity index (χ0) is 16.9. The van der Waals surface area contributed by atoms with Crippen LogP contribution in [0.3, 0.4) is 0 Å². The molecule has 0 atom stereocenters. The first-order chi connectivity index (χ1) is 11.6. The van der Waals surface area contributed by atoms with Gasteiger partial charge in [0.15, 0.2) is 0 Å². The quantitative estimate of drug-likeness (QED) is 0.302. The number of nitrogens with zero attached hydrogens (tertiary/aromatic N) is 2. The number of thiazole rings is 1. The molecule has 126 valence electrons. The predicted molar refractivity (Wildman–Crippen MR) is 106 cm³/mol. The van der Waals surface area contributed by atoms with Gasteiger partial charge < -0.3 is 4.98 Å². The van der Waals surface area contributed by atoms with E-state index < -0.39 is 0 Å². The number of benzene rings is 1. The van der Waals surface area contributed by atoms with Crippen LogP contribution in [0.1, 0.15) is 48.6 Å². The predicted octanol–water partition coefficient (Wildman–Crippen LogP) is 5.89. The van der Waals surface area contributed by atoms with Crippen molar-refractivity contribution >= 4 is 51.1 Å². The summed E-state index contributed by atoms with van der Waals surface area (Å²) in [4.78, 5) is 13.2. The highest BCUT2D eigenvalue weighted by molar-refractivity contribution is 7.80. The lowest BCUT2D eigenvalue weighted by molar-refractivity contribution is 0.652. The van der Waals surface area contributed by atoms with Crippen molar-refractivity contribution in [2.45, 2.75) is 45.4 Å². The lowest BCUT2D eigenvalue weighted by atomic mass is 10.1. The molecule has 3 aromatic rings. The molecule has 3 rings (SSSR count). The summed E-state index contributed by atoms with van der Waals surface area (Å²) in [5.74, 6) is 0.806. The van der Waals surface area contributed by atoms with Gasteiger partial charge in [-0.3, -0.25) is 0 Å². The summed E-state index contributed by atoms with van der Waals surface area (Å²) in [6.07, 6.45) is 6.70. The molecule has 2 aromatic heterocycles. The standard InChI is InChI=1S/C18H20ClN3S2/c1-12-11-24-17(20-12)7-5-3-2-4-6-16(23)18-21-14-9-8-13(19)10-15(14)22-18/h8-11H,2-7H2,1H3,(H,21,22). The number of hydrogen-bond donors (Lipinski definition) is 1. The maximum atomic E-state index is 6.00. The Labute approximate surface area is 156 Å². The van der Waals surface area contributed by atoms with E-state index in [1.165, 1.54) is 24.3 Å². The van der Waals surface area contributed by atoms with E-state index in [0.29, 0.717) is 5.02 Å². The first-order valence-corrected chi connectivity index (χ1v) is 9.88. The van der Waals surface area contributed by atoms with Crippen molar-refractivity contribution in [3.05, 3.63) is 45.1 Å². The molecular formula is C18H20ClN3S2. The number of halogens is 1. The summed E-state index contributed by atoms with van der Waals surface area (Å²) >= 11 is 13.3. The Bertz CT molecular complexity index is 838. The number of aryl methyl sites for hydroxylation is 2. The number of H-pyrrole nitrogens is 1. The van der Waals surface area contributed by atoms with Crippen molar-refractivity contribution in [1.82, 2.24) is 15.0 Å². The highest BCUT2D eigenvalue weighted by Crippen LogP contribution is 2.19. The molecule has 1 aromatic carbocycles. The normalized spacial score (nSPS) is 11.2. The Morgan fingerprint density at radius 1 is 1.21 bits per heavy atom. The molecule has 2 heterocycles. The molecule has 0 spiro atoms. The number of hydrogen-bond acceptors (Lipinski definition) is 4. The van der Waals surface area contributed by atoms with Crippen molar-refractivity contribution in [3.63, 3.8) is 0 Å². The van der Waals surface area contributed by atoms with Crippen LogP contribution in [0, 0.1) is 6.92 Å². The van der Waals surface area contributed by atoms with Gasteiger partial charge in [0.2, 0.25) is 0 Å². The molecule has 1 N–H and O–H groups in total. The molecule has 0 saturated carbocycles. The average molecular weight is 378 g/mol. The van der Waals surface area contributed by atoms with Gasteiger partial charge >= 0.3 is 0 Å². The van der Waals surface area contributed by atoms with E-state index in [1.54, 1.807) is 11.3 Å². The van der Waals surface area contributed by atoms with Crippen LogP contribution in [-0.2, 0) is 6.42 Å². The van der Waals surface area contributed by atoms with Crippen molar-refractivity contribution < 1.29 is 0 Å². The van der Waals surface area contributed by atoms with E-state index in [-0.39, 0.29) is 0 Å². The fraction of sp³-hybridized carbons (Fsp3) is 0.389. The molecular weight excluding hydrogens is 358 g/mol. The van der Waals surface area contributed by atoms with Gasteiger partial charge in [0.1, 0.15) is 5.82 Å². The minimum Gasteiger partial charge on any atom is -0.337 e. The summed E-state index contributed by atoms with van der Waals surface area (Å²) < 4.78 is 0. The number of unbranched alkanes of at least 4 members (excludes halogenated alkanes) is 3. The molecule has 0 bridgehead atoms. The van der Waals surface area contributed by atoms with Crippen LogP contribution in [0.25, 0.3) is 11.0 Å². The average Bonchev–Trinajstić information content (AvgIpc) is 3.16. The van der Waals surface area contributed by atoms with E-state index in [2.05, 4.69) is 20.3 Å². The largest absolute Gasteiger partial charge is 0.337 e. The van der Waals surface area contributed by atoms with E-state index in [9.17, 15) is 0 Å². The topological polar surface area (TPSA) is 41.6 Å². The minimum absolute atomic E-state index is 0.707. The van der Waals surface area contributed by atoms with Crippen LogP contribution in [0.4, 0.5) is 0 Å². The van der Waals surface area contributed by atoms with Gasteiger partial charge in [-0.05, 0) is 50.8 Å². The molecule has 0 aliphatic carbocycles. The third kappa shape index (κ3) is 4.62. The molecule has 6 heteroatoms. The second kappa shape index (κ2) is 8.19. The zero-order valence-electron chi connectivity index (χ0n) is 13.6. The van der Waals surface area contributed by atoms with Crippen LogP contribution in [0.5, 0.6) is 0 Å². The van der Waals surface area contributed by atoms with E-state index in [1.807, 2.05) is 25.1 Å². The van der Waals surface area contributed by atoms with Crippen molar-refractivity contribution in [3.8, 4) is 0 Å². The van der Waals surface area contributed by atoms with Gasteiger partial charge in [-0.2, -0.15) is 0 Å². The van der Waals surface area contributed by atoms with E-state index >= 15 is 0 Å².